The van der Waals surface area contributed by atoms with Crippen LogP contribution in [-0.4, -0.2) is 17.0 Å². The maximum absolute atomic E-state index is 12.4. The molecule has 0 aliphatic carbocycles. The monoisotopic (exact) mass is 366 g/mol. The van der Waals surface area contributed by atoms with E-state index in [4.69, 9.17) is 9.15 Å². The second-order valence-electron chi connectivity index (χ2n) is 6.38. The van der Waals surface area contributed by atoms with E-state index in [0.29, 0.717) is 24.3 Å². The molecule has 3 aromatic rings. The second kappa shape index (κ2) is 8.03. The van der Waals surface area contributed by atoms with E-state index in [-0.39, 0.29) is 5.91 Å². The number of carbonyl (C=O) groups is 1. The molecule has 2 aromatic heterocycles. The normalized spacial score (nSPS) is 12.0. The van der Waals surface area contributed by atoms with Gasteiger partial charge in [-0.2, -0.15) is 0 Å². The molecule has 0 aliphatic heterocycles. The number of ether oxygens (including phenoxy) is 1. The van der Waals surface area contributed by atoms with Gasteiger partial charge in [-0.15, -0.1) is 0 Å². The van der Waals surface area contributed by atoms with E-state index in [9.17, 15) is 9.59 Å². The molecule has 0 bridgehead atoms. The number of pyridine rings is 1. The van der Waals surface area contributed by atoms with Crippen LogP contribution in [0.4, 0.5) is 0 Å². The highest BCUT2D eigenvalue weighted by Crippen LogP contribution is 2.31. The molecule has 27 heavy (non-hydrogen) atoms. The molecule has 0 radical (unpaired) electrons. The van der Waals surface area contributed by atoms with Crippen molar-refractivity contribution in [1.29, 1.82) is 0 Å². The minimum Gasteiger partial charge on any atom is -0.480 e. The van der Waals surface area contributed by atoms with Gasteiger partial charge in [0.15, 0.2) is 6.10 Å². The first-order valence-corrected chi connectivity index (χ1v) is 8.89. The Morgan fingerprint density at radius 2 is 2.11 bits per heavy atom. The number of fused-ring (bicyclic) bond motifs is 1. The Kier molecular flexibility index (Phi) is 5.54. The molecule has 1 aromatic carbocycles. The van der Waals surface area contributed by atoms with Gasteiger partial charge in [-0.3, -0.25) is 9.78 Å². The van der Waals surface area contributed by atoms with Crippen LogP contribution in [0, 0.1) is 6.92 Å². The highest BCUT2D eigenvalue weighted by Gasteiger charge is 2.18. The Hall–Kier alpha value is -3.15. The molecule has 6 heteroatoms. The van der Waals surface area contributed by atoms with Crippen molar-refractivity contribution < 1.29 is 13.9 Å². The maximum Gasteiger partial charge on any atom is 0.336 e. The molecule has 0 saturated carbocycles. The van der Waals surface area contributed by atoms with Gasteiger partial charge in [-0.05, 0) is 55.7 Å². The predicted molar refractivity (Wildman–Crippen MR) is 103 cm³/mol. The summed E-state index contributed by atoms with van der Waals surface area (Å²) in [6, 6.07) is 10.7. The van der Waals surface area contributed by atoms with E-state index >= 15 is 0 Å². The number of aryl methyl sites for hydroxylation is 2. The third-order valence-electron chi connectivity index (χ3n) is 4.26. The van der Waals surface area contributed by atoms with Gasteiger partial charge in [-0.1, -0.05) is 13.0 Å². The number of amides is 1. The van der Waals surface area contributed by atoms with Gasteiger partial charge in [0.05, 0.1) is 17.6 Å². The van der Waals surface area contributed by atoms with Gasteiger partial charge >= 0.3 is 5.63 Å². The molecular weight excluding hydrogens is 344 g/mol. The predicted octanol–water partition coefficient (Wildman–Crippen LogP) is 3.14. The Balaban J connectivity index is 1.82. The average molecular weight is 366 g/mol. The van der Waals surface area contributed by atoms with E-state index < -0.39 is 11.7 Å². The van der Waals surface area contributed by atoms with Gasteiger partial charge in [-0.25, -0.2) is 4.79 Å². The summed E-state index contributed by atoms with van der Waals surface area (Å²) in [5, 5.41) is 3.55. The zero-order valence-corrected chi connectivity index (χ0v) is 15.6. The molecule has 6 nitrogen and oxygen atoms in total. The van der Waals surface area contributed by atoms with Crippen LogP contribution in [0.25, 0.3) is 11.0 Å². The fourth-order valence-corrected chi connectivity index (χ4v) is 2.91. The van der Waals surface area contributed by atoms with Crippen molar-refractivity contribution in [2.45, 2.75) is 39.8 Å². The lowest BCUT2D eigenvalue weighted by Gasteiger charge is -2.17. The summed E-state index contributed by atoms with van der Waals surface area (Å²) >= 11 is 0. The van der Waals surface area contributed by atoms with Gasteiger partial charge in [0.1, 0.15) is 11.3 Å². The number of benzene rings is 1. The molecular formula is C21H22N2O4. The van der Waals surface area contributed by atoms with Crippen molar-refractivity contribution in [3.05, 3.63) is 69.8 Å². The second-order valence-corrected chi connectivity index (χ2v) is 6.38. The Bertz CT molecular complexity index is 1010. The zero-order chi connectivity index (χ0) is 19.4. The lowest BCUT2D eigenvalue weighted by molar-refractivity contribution is -0.127. The number of hydrogen-bond acceptors (Lipinski definition) is 5. The quantitative estimate of drug-likeness (QED) is 0.678. The average Bonchev–Trinajstić information content (AvgIpc) is 2.65. The smallest absolute Gasteiger partial charge is 0.336 e. The third-order valence-corrected chi connectivity index (χ3v) is 4.26. The van der Waals surface area contributed by atoms with Crippen molar-refractivity contribution in [3.8, 4) is 5.75 Å². The highest BCUT2D eigenvalue weighted by atomic mass is 16.5. The van der Waals surface area contributed by atoms with E-state index in [1.54, 1.807) is 19.2 Å². The highest BCUT2D eigenvalue weighted by molar-refractivity contribution is 5.88. The number of aromatic nitrogens is 1. The largest absolute Gasteiger partial charge is 0.480 e. The number of rotatable bonds is 6. The fourth-order valence-electron chi connectivity index (χ4n) is 2.91. The van der Waals surface area contributed by atoms with Crippen molar-refractivity contribution in [3.63, 3.8) is 0 Å². The SMILES string of the molecule is CCc1cc(=O)oc2cc(C)cc(O[C@@H](C)C(=O)NCc3ccccn3)c12. The Morgan fingerprint density at radius 3 is 2.81 bits per heavy atom. The Labute approximate surface area is 157 Å². The number of nitrogens with one attached hydrogen (secondary N) is 1. The van der Waals surface area contributed by atoms with Crippen LogP contribution >= 0.6 is 0 Å². The first-order chi connectivity index (χ1) is 13.0. The van der Waals surface area contributed by atoms with Crippen LogP contribution in [0.15, 0.2) is 51.8 Å². The van der Waals surface area contributed by atoms with Crippen LogP contribution in [0.5, 0.6) is 5.75 Å². The van der Waals surface area contributed by atoms with E-state index in [0.717, 1.165) is 22.2 Å². The molecule has 0 unspecified atom stereocenters. The standard InChI is InChI=1S/C21H22N2O4/c1-4-15-11-19(24)27-18-10-13(2)9-17(20(15)18)26-14(3)21(25)23-12-16-7-5-6-8-22-16/h5-11,14H,4,12H2,1-3H3,(H,23,25)/t14-/m0/s1. The van der Waals surface area contributed by atoms with E-state index in [2.05, 4.69) is 10.3 Å². The van der Waals surface area contributed by atoms with Gasteiger partial charge in [0.2, 0.25) is 0 Å². The minimum absolute atomic E-state index is 0.245. The van der Waals surface area contributed by atoms with Crippen LogP contribution in [0.1, 0.15) is 30.7 Å². The number of carbonyl (C=O) groups excluding carboxylic acids is 1. The molecule has 140 valence electrons. The van der Waals surface area contributed by atoms with E-state index in [1.807, 2.05) is 38.1 Å². The summed E-state index contributed by atoms with van der Waals surface area (Å²) < 4.78 is 11.3. The fraction of sp³-hybridized carbons (Fsp3) is 0.286. The van der Waals surface area contributed by atoms with Gasteiger partial charge < -0.3 is 14.5 Å². The number of hydrogen-bond donors (Lipinski definition) is 1. The molecule has 2 heterocycles. The molecule has 0 saturated heterocycles. The van der Waals surface area contributed by atoms with Gasteiger partial charge in [0.25, 0.3) is 5.91 Å². The lowest BCUT2D eigenvalue weighted by atomic mass is 10.0. The van der Waals surface area contributed by atoms with Crippen molar-refractivity contribution in [2.24, 2.45) is 0 Å². The first-order valence-electron chi connectivity index (χ1n) is 8.89. The molecule has 0 spiro atoms. The maximum atomic E-state index is 12.4. The van der Waals surface area contributed by atoms with Crippen LogP contribution in [-0.2, 0) is 17.8 Å². The topological polar surface area (TPSA) is 81.4 Å². The Morgan fingerprint density at radius 1 is 1.30 bits per heavy atom. The van der Waals surface area contributed by atoms with Crippen molar-refractivity contribution >= 4 is 16.9 Å². The molecule has 3 rings (SSSR count). The van der Waals surface area contributed by atoms with Crippen molar-refractivity contribution in [2.75, 3.05) is 0 Å². The van der Waals surface area contributed by atoms with Gasteiger partial charge in [0, 0.05) is 12.3 Å². The van der Waals surface area contributed by atoms with Crippen LogP contribution in [0.2, 0.25) is 0 Å². The summed E-state index contributed by atoms with van der Waals surface area (Å²) in [5.41, 5.74) is 2.56. The molecule has 1 atom stereocenters. The third kappa shape index (κ3) is 4.34. The van der Waals surface area contributed by atoms with Crippen molar-refractivity contribution in [1.82, 2.24) is 10.3 Å². The van der Waals surface area contributed by atoms with Crippen LogP contribution in [0.3, 0.4) is 0 Å². The molecule has 0 aliphatic rings. The minimum atomic E-state index is -0.713. The lowest BCUT2D eigenvalue weighted by Crippen LogP contribution is -2.36. The molecule has 0 fully saturated rings. The summed E-state index contributed by atoms with van der Waals surface area (Å²) in [6.45, 7) is 5.86. The summed E-state index contributed by atoms with van der Waals surface area (Å²) in [5.74, 6) is 0.289. The number of nitrogens with zero attached hydrogens (tertiary/aromatic N) is 1. The summed E-state index contributed by atoms with van der Waals surface area (Å²) in [4.78, 5) is 28.4. The van der Waals surface area contributed by atoms with E-state index in [1.165, 1.54) is 6.07 Å². The molecule has 1 N–H and O–H groups in total. The summed E-state index contributed by atoms with van der Waals surface area (Å²) in [7, 11) is 0. The zero-order valence-electron chi connectivity index (χ0n) is 15.6. The van der Waals surface area contributed by atoms with Crippen LogP contribution < -0.4 is 15.7 Å². The summed E-state index contributed by atoms with van der Waals surface area (Å²) in [6.07, 6.45) is 1.62. The first kappa shape index (κ1) is 18.6. The molecule has 1 amide bonds.